The first-order valence-corrected chi connectivity index (χ1v) is 7.70. The Morgan fingerprint density at radius 2 is 1.90 bits per heavy atom. The Morgan fingerprint density at radius 3 is 2.76 bits per heavy atom. The molecule has 0 atom stereocenters. The molecule has 0 saturated heterocycles. The van der Waals surface area contributed by atoms with E-state index < -0.39 is 0 Å². The minimum Gasteiger partial charge on any atom is -0.321 e. The number of hydrogen-bond acceptors (Lipinski definition) is 2. The second-order valence-electron chi connectivity index (χ2n) is 4.68. The number of nitrogens with one attached hydrogen (secondary N) is 1. The second-order valence-corrected chi connectivity index (χ2v) is 5.24. The maximum absolute atomic E-state index is 12.3. The quantitative estimate of drug-likeness (QED) is 0.718. The van der Waals surface area contributed by atoms with Gasteiger partial charge < -0.3 is 5.32 Å². The third-order valence-corrected chi connectivity index (χ3v) is 3.82. The van der Waals surface area contributed by atoms with Crippen LogP contribution < -0.4 is 5.32 Å². The van der Waals surface area contributed by atoms with Crippen molar-refractivity contribution in [2.24, 2.45) is 0 Å². The lowest BCUT2D eigenvalue weighted by molar-refractivity contribution is 0.102. The largest absolute Gasteiger partial charge is 0.321 e. The number of rotatable bonds is 3. The minimum absolute atomic E-state index is 0.201. The van der Waals surface area contributed by atoms with Crippen molar-refractivity contribution >= 4 is 38.4 Å². The van der Waals surface area contributed by atoms with Gasteiger partial charge in [0.25, 0.3) is 5.91 Å². The monoisotopic (exact) mass is 340 g/mol. The van der Waals surface area contributed by atoms with E-state index in [2.05, 4.69) is 26.2 Å². The van der Waals surface area contributed by atoms with Crippen LogP contribution in [0.4, 0.5) is 5.69 Å². The molecule has 2 aromatic carbocycles. The molecule has 1 amide bonds. The zero-order chi connectivity index (χ0) is 14.7. The van der Waals surface area contributed by atoms with Crippen LogP contribution >= 0.6 is 15.9 Å². The SMILES string of the molecule is O=C(Nc1cccc(CBr)c1)c1ccc2ccccc2n1. The highest BCUT2D eigenvalue weighted by Gasteiger charge is 2.08. The number of halogens is 1. The van der Waals surface area contributed by atoms with Crippen molar-refractivity contribution in [3.8, 4) is 0 Å². The summed E-state index contributed by atoms with van der Waals surface area (Å²) in [6, 6.07) is 19.1. The predicted octanol–water partition coefficient (Wildman–Crippen LogP) is 4.38. The number of benzene rings is 2. The van der Waals surface area contributed by atoms with Crippen LogP contribution in [-0.2, 0) is 5.33 Å². The van der Waals surface area contributed by atoms with E-state index in [-0.39, 0.29) is 5.91 Å². The highest BCUT2D eigenvalue weighted by molar-refractivity contribution is 9.08. The second kappa shape index (κ2) is 6.06. The van der Waals surface area contributed by atoms with Crippen molar-refractivity contribution in [3.05, 3.63) is 71.9 Å². The zero-order valence-electron chi connectivity index (χ0n) is 11.2. The van der Waals surface area contributed by atoms with Crippen molar-refractivity contribution in [2.75, 3.05) is 5.32 Å². The molecule has 0 spiro atoms. The molecule has 1 N–H and O–H groups in total. The van der Waals surface area contributed by atoms with Gasteiger partial charge in [0, 0.05) is 16.4 Å². The maximum Gasteiger partial charge on any atom is 0.274 e. The Hall–Kier alpha value is -2.20. The summed E-state index contributed by atoms with van der Waals surface area (Å²) in [5.41, 5.74) is 3.11. The standard InChI is InChI=1S/C17H13BrN2O/c18-11-12-4-3-6-14(10-12)19-17(21)16-9-8-13-5-1-2-7-15(13)20-16/h1-10H,11H2,(H,19,21). The molecule has 104 valence electrons. The molecule has 0 aliphatic heterocycles. The summed E-state index contributed by atoms with van der Waals surface area (Å²) in [5.74, 6) is -0.201. The first-order chi connectivity index (χ1) is 10.3. The first kappa shape index (κ1) is 13.8. The lowest BCUT2D eigenvalue weighted by atomic mass is 10.2. The molecular formula is C17H13BrN2O. The summed E-state index contributed by atoms with van der Waals surface area (Å²) in [6.07, 6.45) is 0. The first-order valence-electron chi connectivity index (χ1n) is 6.58. The van der Waals surface area contributed by atoms with E-state index in [9.17, 15) is 4.79 Å². The summed E-state index contributed by atoms with van der Waals surface area (Å²) in [7, 11) is 0. The van der Waals surface area contributed by atoms with Crippen LogP contribution in [0.15, 0.2) is 60.7 Å². The summed E-state index contributed by atoms with van der Waals surface area (Å²) in [4.78, 5) is 16.7. The Morgan fingerprint density at radius 1 is 1.05 bits per heavy atom. The molecular weight excluding hydrogens is 328 g/mol. The normalized spacial score (nSPS) is 10.5. The summed E-state index contributed by atoms with van der Waals surface area (Å²) in [5, 5.41) is 4.65. The number of pyridine rings is 1. The number of alkyl halides is 1. The third-order valence-electron chi connectivity index (χ3n) is 3.17. The average molecular weight is 341 g/mol. The number of para-hydroxylation sites is 1. The molecule has 0 bridgehead atoms. The van der Waals surface area contributed by atoms with Gasteiger partial charge in [-0.1, -0.05) is 52.3 Å². The number of anilines is 1. The van der Waals surface area contributed by atoms with Crippen molar-refractivity contribution < 1.29 is 4.79 Å². The van der Waals surface area contributed by atoms with Crippen LogP contribution in [-0.4, -0.2) is 10.9 Å². The maximum atomic E-state index is 12.3. The van der Waals surface area contributed by atoms with Crippen LogP contribution in [0.3, 0.4) is 0 Å². The fraction of sp³-hybridized carbons (Fsp3) is 0.0588. The van der Waals surface area contributed by atoms with E-state index in [0.29, 0.717) is 5.69 Å². The molecule has 3 nitrogen and oxygen atoms in total. The topological polar surface area (TPSA) is 42.0 Å². The Kier molecular flexibility index (Phi) is 3.97. The van der Waals surface area contributed by atoms with Gasteiger partial charge in [-0.2, -0.15) is 0 Å². The molecule has 1 heterocycles. The van der Waals surface area contributed by atoms with Crippen LogP contribution in [0.25, 0.3) is 10.9 Å². The van der Waals surface area contributed by atoms with E-state index in [1.54, 1.807) is 6.07 Å². The lowest BCUT2D eigenvalue weighted by Gasteiger charge is -2.07. The molecule has 0 aliphatic rings. The van der Waals surface area contributed by atoms with Crippen LogP contribution in [0.5, 0.6) is 0 Å². The number of nitrogens with zero attached hydrogens (tertiary/aromatic N) is 1. The molecule has 0 fully saturated rings. The van der Waals surface area contributed by atoms with Gasteiger partial charge in [0.1, 0.15) is 5.69 Å². The van der Waals surface area contributed by atoms with Gasteiger partial charge in [0.05, 0.1) is 5.52 Å². The van der Waals surface area contributed by atoms with Crippen molar-refractivity contribution in [2.45, 2.75) is 5.33 Å². The van der Waals surface area contributed by atoms with Gasteiger partial charge in [0.2, 0.25) is 0 Å². The van der Waals surface area contributed by atoms with E-state index in [0.717, 1.165) is 27.5 Å². The van der Waals surface area contributed by atoms with Crippen molar-refractivity contribution in [3.63, 3.8) is 0 Å². The number of fused-ring (bicyclic) bond motifs is 1. The lowest BCUT2D eigenvalue weighted by Crippen LogP contribution is -2.13. The molecule has 1 aromatic heterocycles. The fourth-order valence-electron chi connectivity index (χ4n) is 2.12. The fourth-order valence-corrected chi connectivity index (χ4v) is 2.47. The van der Waals surface area contributed by atoms with Crippen molar-refractivity contribution in [1.82, 2.24) is 4.98 Å². The molecule has 0 unspecified atom stereocenters. The summed E-state index contributed by atoms with van der Waals surface area (Å²) in [6.45, 7) is 0. The van der Waals surface area contributed by atoms with Crippen LogP contribution in [0.1, 0.15) is 16.1 Å². The van der Waals surface area contributed by atoms with Gasteiger partial charge >= 0.3 is 0 Å². The predicted molar refractivity (Wildman–Crippen MR) is 88.8 cm³/mol. The van der Waals surface area contributed by atoms with Gasteiger partial charge in [-0.15, -0.1) is 0 Å². The molecule has 21 heavy (non-hydrogen) atoms. The van der Waals surface area contributed by atoms with Gasteiger partial charge in [-0.3, -0.25) is 4.79 Å². The van der Waals surface area contributed by atoms with Gasteiger partial charge in [-0.05, 0) is 29.8 Å². The van der Waals surface area contributed by atoms with E-state index in [4.69, 9.17) is 0 Å². The average Bonchev–Trinajstić information content (AvgIpc) is 2.54. The molecule has 0 radical (unpaired) electrons. The number of aromatic nitrogens is 1. The molecule has 3 aromatic rings. The number of amides is 1. The van der Waals surface area contributed by atoms with E-state index in [1.165, 1.54) is 0 Å². The van der Waals surface area contributed by atoms with E-state index in [1.807, 2.05) is 54.6 Å². The third kappa shape index (κ3) is 3.11. The van der Waals surface area contributed by atoms with Crippen LogP contribution in [0.2, 0.25) is 0 Å². The molecule has 0 saturated carbocycles. The Bertz CT molecular complexity index is 801. The zero-order valence-corrected chi connectivity index (χ0v) is 12.8. The minimum atomic E-state index is -0.201. The van der Waals surface area contributed by atoms with Crippen LogP contribution in [0, 0.1) is 0 Å². The molecule has 3 rings (SSSR count). The number of carbonyl (C=O) groups is 1. The summed E-state index contributed by atoms with van der Waals surface area (Å²) < 4.78 is 0. The highest BCUT2D eigenvalue weighted by Crippen LogP contribution is 2.16. The van der Waals surface area contributed by atoms with Gasteiger partial charge in [0.15, 0.2) is 0 Å². The summed E-state index contributed by atoms with van der Waals surface area (Å²) >= 11 is 3.40. The van der Waals surface area contributed by atoms with E-state index >= 15 is 0 Å². The number of carbonyl (C=O) groups excluding carboxylic acids is 1. The smallest absolute Gasteiger partial charge is 0.274 e. The Labute approximate surface area is 131 Å². The van der Waals surface area contributed by atoms with Crippen molar-refractivity contribution in [1.29, 1.82) is 0 Å². The molecule has 4 heteroatoms. The molecule has 0 aliphatic carbocycles. The highest BCUT2D eigenvalue weighted by atomic mass is 79.9. The number of hydrogen-bond donors (Lipinski definition) is 1. The van der Waals surface area contributed by atoms with Gasteiger partial charge in [-0.25, -0.2) is 4.98 Å². The Balaban J connectivity index is 1.86.